The van der Waals surface area contributed by atoms with E-state index in [4.69, 9.17) is 10.5 Å². The summed E-state index contributed by atoms with van der Waals surface area (Å²) in [4.78, 5) is 13.9. The molecule has 0 atom stereocenters. The molecule has 1 aromatic rings. The molecule has 0 radical (unpaired) electrons. The first-order valence-corrected chi connectivity index (χ1v) is 6.14. The summed E-state index contributed by atoms with van der Waals surface area (Å²) in [6.07, 6.45) is 0.978. The number of ether oxygens (including phenoxy) is 1. The Morgan fingerprint density at radius 2 is 2.11 bits per heavy atom. The fraction of sp³-hybridized carbons (Fsp3) is 0.500. The molecule has 0 aliphatic heterocycles. The minimum absolute atomic E-state index is 0.0629. The normalized spacial score (nSPS) is 10.5. The Labute approximate surface area is 109 Å². The number of carbonyl (C=O) groups excluding carboxylic acids is 1. The second-order valence-electron chi connectivity index (χ2n) is 4.86. The lowest BCUT2D eigenvalue weighted by atomic mass is 10.1. The lowest BCUT2D eigenvalue weighted by Crippen LogP contribution is -2.29. The minimum atomic E-state index is -0.0629. The number of hydrogen-bond donors (Lipinski definition) is 1. The fourth-order valence-corrected chi connectivity index (χ4v) is 1.61. The highest BCUT2D eigenvalue weighted by Gasteiger charge is 2.15. The van der Waals surface area contributed by atoms with Gasteiger partial charge in [0, 0.05) is 19.3 Å². The Bertz CT molecular complexity index is 416. The summed E-state index contributed by atoms with van der Waals surface area (Å²) >= 11 is 0. The second kappa shape index (κ2) is 6.28. The lowest BCUT2D eigenvalue weighted by Gasteiger charge is -2.19. The molecule has 1 aromatic carbocycles. The largest absolute Gasteiger partial charge is 0.497 e. The second-order valence-corrected chi connectivity index (χ2v) is 4.86. The summed E-state index contributed by atoms with van der Waals surface area (Å²) in [5.41, 5.74) is 6.82. The average Bonchev–Trinajstić information content (AvgIpc) is 2.35. The van der Waals surface area contributed by atoms with Gasteiger partial charge in [-0.25, -0.2) is 0 Å². The number of methoxy groups -OCH3 is 1. The summed E-state index contributed by atoms with van der Waals surface area (Å²) in [6, 6.07) is 5.13. The van der Waals surface area contributed by atoms with E-state index in [9.17, 15) is 4.79 Å². The van der Waals surface area contributed by atoms with Gasteiger partial charge in [0.1, 0.15) is 5.75 Å². The van der Waals surface area contributed by atoms with Crippen LogP contribution in [0.25, 0.3) is 0 Å². The van der Waals surface area contributed by atoms with E-state index in [1.54, 1.807) is 37.3 Å². The van der Waals surface area contributed by atoms with Crippen molar-refractivity contribution in [2.24, 2.45) is 5.92 Å². The third-order valence-electron chi connectivity index (χ3n) is 2.88. The number of carbonyl (C=O) groups is 1. The predicted molar refractivity (Wildman–Crippen MR) is 73.8 cm³/mol. The summed E-state index contributed by atoms with van der Waals surface area (Å²) < 4.78 is 5.11. The zero-order valence-corrected chi connectivity index (χ0v) is 11.6. The Balaban J connectivity index is 2.82. The average molecular weight is 250 g/mol. The molecule has 0 aliphatic carbocycles. The molecule has 0 unspecified atom stereocenters. The molecule has 2 N–H and O–H groups in total. The summed E-state index contributed by atoms with van der Waals surface area (Å²) in [6.45, 7) is 5.00. The van der Waals surface area contributed by atoms with Gasteiger partial charge in [-0.1, -0.05) is 13.8 Å². The Morgan fingerprint density at radius 1 is 1.44 bits per heavy atom. The monoisotopic (exact) mass is 250 g/mol. The van der Waals surface area contributed by atoms with Crippen molar-refractivity contribution in [3.8, 4) is 5.75 Å². The third-order valence-corrected chi connectivity index (χ3v) is 2.88. The quantitative estimate of drug-likeness (QED) is 0.816. The van der Waals surface area contributed by atoms with Crippen LogP contribution < -0.4 is 10.5 Å². The first-order chi connectivity index (χ1) is 8.45. The van der Waals surface area contributed by atoms with Crippen LogP contribution in [0, 0.1) is 5.92 Å². The van der Waals surface area contributed by atoms with Gasteiger partial charge in [0.15, 0.2) is 0 Å². The molecule has 0 aliphatic rings. The predicted octanol–water partition coefficient (Wildman–Crippen LogP) is 2.40. The molecule has 0 saturated carbocycles. The number of nitrogens with two attached hydrogens (primary N) is 1. The Morgan fingerprint density at radius 3 is 2.67 bits per heavy atom. The topological polar surface area (TPSA) is 55.6 Å². The van der Waals surface area contributed by atoms with Crippen LogP contribution in [-0.2, 0) is 0 Å². The van der Waals surface area contributed by atoms with Gasteiger partial charge < -0.3 is 15.4 Å². The van der Waals surface area contributed by atoms with Gasteiger partial charge in [-0.2, -0.15) is 0 Å². The first kappa shape index (κ1) is 14.4. The number of hydrogen-bond acceptors (Lipinski definition) is 3. The highest BCUT2D eigenvalue weighted by molar-refractivity contribution is 5.99. The van der Waals surface area contributed by atoms with Crippen LogP contribution in [0.2, 0.25) is 0 Å². The number of nitrogens with zero attached hydrogens (tertiary/aromatic N) is 1. The number of rotatable bonds is 5. The molecule has 0 spiro atoms. The third kappa shape index (κ3) is 3.65. The lowest BCUT2D eigenvalue weighted by molar-refractivity contribution is 0.0790. The molecule has 0 aromatic heterocycles. The van der Waals surface area contributed by atoms with Crippen LogP contribution in [0.3, 0.4) is 0 Å². The SMILES string of the molecule is COc1ccc(N)c(C(=O)N(C)CCC(C)C)c1. The molecular weight excluding hydrogens is 228 g/mol. The van der Waals surface area contributed by atoms with Crippen molar-refractivity contribution in [3.63, 3.8) is 0 Å². The zero-order valence-electron chi connectivity index (χ0n) is 11.6. The highest BCUT2D eigenvalue weighted by Crippen LogP contribution is 2.21. The molecule has 4 heteroatoms. The molecule has 18 heavy (non-hydrogen) atoms. The maximum absolute atomic E-state index is 12.2. The van der Waals surface area contributed by atoms with E-state index in [1.165, 1.54) is 0 Å². The summed E-state index contributed by atoms with van der Waals surface area (Å²) in [5.74, 6) is 1.15. The minimum Gasteiger partial charge on any atom is -0.497 e. The number of nitrogen functional groups attached to an aromatic ring is 1. The van der Waals surface area contributed by atoms with Crippen LogP contribution in [0.1, 0.15) is 30.6 Å². The summed E-state index contributed by atoms with van der Waals surface area (Å²) in [7, 11) is 3.37. The number of anilines is 1. The maximum atomic E-state index is 12.2. The Hall–Kier alpha value is -1.71. The van der Waals surface area contributed by atoms with Crippen LogP contribution in [0.4, 0.5) is 5.69 Å². The van der Waals surface area contributed by atoms with Gasteiger partial charge in [-0.05, 0) is 30.5 Å². The van der Waals surface area contributed by atoms with E-state index in [0.29, 0.717) is 22.9 Å². The van der Waals surface area contributed by atoms with Gasteiger partial charge in [-0.15, -0.1) is 0 Å². The van der Waals surface area contributed by atoms with E-state index in [0.717, 1.165) is 13.0 Å². The first-order valence-electron chi connectivity index (χ1n) is 6.14. The van der Waals surface area contributed by atoms with Crippen molar-refractivity contribution in [2.45, 2.75) is 20.3 Å². The zero-order chi connectivity index (χ0) is 13.7. The van der Waals surface area contributed by atoms with Crippen molar-refractivity contribution >= 4 is 11.6 Å². The molecular formula is C14H22N2O2. The van der Waals surface area contributed by atoms with Crippen LogP contribution in [-0.4, -0.2) is 31.5 Å². The van der Waals surface area contributed by atoms with E-state index < -0.39 is 0 Å². The Kier molecular flexibility index (Phi) is 5.01. The smallest absolute Gasteiger partial charge is 0.255 e. The molecule has 4 nitrogen and oxygen atoms in total. The van der Waals surface area contributed by atoms with Crippen LogP contribution in [0.5, 0.6) is 5.75 Å². The molecule has 0 bridgehead atoms. The molecule has 0 heterocycles. The fourth-order valence-electron chi connectivity index (χ4n) is 1.61. The van der Waals surface area contributed by atoms with Crippen molar-refractivity contribution in [3.05, 3.63) is 23.8 Å². The van der Waals surface area contributed by atoms with E-state index in [-0.39, 0.29) is 5.91 Å². The van der Waals surface area contributed by atoms with Crippen molar-refractivity contribution < 1.29 is 9.53 Å². The van der Waals surface area contributed by atoms with E-state index in [2.05, 4.69) is 13.8 Å². The van der Waals surface area contributed by atoms with Crippen molar-refractivity contribution in [2.75, 3.05) is 26.4 Å². The summed E-state index contributed by atoms with van der Waals surface area (Å²) in [5, 5.41) is 0. The van der Waals surface area contributed by atoms with Crippen LogP contribution >= 0.6 is 0 Å². The van der Waals surface area contributed by atoms with E-state index >= 15 is 0 Å². The van der Waals surface area contributed by atoms with Gasteiger partial charge in [0.2, 0.25) is 0 Å². The van der Waals surface area contributed by atoms with Gasteiger partial charge >= 0.3 is 0 Å². The van der Waals surface area contributed by atoms with Gasteiger partial charge in [0.25, 0.3) is 5.91 Å². The highest BCUT2D eigenvalue weighted by atomic mass is 16.5. The van der Waals surface area contributed by atoms with Crippen molar-refractivity contribution in [1.29, 1.82) is 0 Å². The van der Waals surface area contributed by atoms with Gasteiger partial charge in [-0.3, -0.25) is 4.79 Å². The molecule has 0 fully saturated rings. The molecule has 0 saturated heterocycles. The standard InChI is InChI=1S/C14H22N2O2/c1-10(2)7-8-16(3)14(17)12-9-11(18-4)5-6-13(12)15/h5-6,9-10H,7-8,15H2,1-4H3. The number of benzene rings is 1. The molecule has 100 valence electrons. The maximum Gasteiger partial charge on any atom is 0.255 e. The van der Waals surface area contributed by atoms with Crippen molar-refractivity contribution in [1.82, 2.24) is 4.90 Å². The van der Waals surface area contributed by atoms with Gasteiger partial charge in [0.05, 0.1) is 12.7 Å². The number of amides is 1. The van der Waals surface area contributed by atoms with Crippen LogP contribution in [0.15, 0.2) is 18.2 Å². The van der Waals surface area contributed by atoms with E-state index in [1.807, 2.05) is 0 Å². The molecule has 1 amide bonds. The molecule has 1 rings (SSSR count).